The lowest BCUT2D eigenvalue weighted by Gasteiger charge is -2.33. The van der Waals surface area contributed by atoms with Crippen molar-refractivity contribution in [1.29, 1.82) is 0 Å². The summed E-state index contributed by atoms with van der Waals surface area (Å²) in [4.78, 5) is 0. The Kier molecular flexibility index (Phi) is 11.7. The van der Waals surface area contributed by atoms with Gasteiger partial charge in [0.15, 0.2) is 0 Å². The second-order valence-electron chi connectivity index (χ2n) is 2.51. The predicted molar refractivity (Wildman–Crippen MR) is 51.3 cm³/mol. The highest BCUT2D eigenvalue weighted by atomic mass is 14.7. The first-order valence-corrected chi connectivity index (χ1v) is 3.50. The lowest BCUT2D eigenvalue weighted by Crippen LogP contribution is -2.42. The van der Waals surface area contributed by atoms with Gasteiger partial charge in [-0.15, -0.1) is 0 Å². The first-order valence-electron chi connectivity index (χ1n) is 3.50. The highest BCUT2D eigenvalue weighted by molar-refractivity contribution is 4.86. The summed E-state index contributed by atoms with van der Waals surface area (Å²) in [5, 5.41) is 0. The van der Waals surface area contributed by atoms with E-state index in [1.807, 2.05) is 13.8 Å². The van der Waals surface area contributed by atoms with E-state index in [1.165, 1.54) is 19.3 Å². The van der Waals surface area contributed by atoms with Crippen LogP contribution in [0.2, 0.25) is 0 Å². The van der Waals surface area contributed by atoms with Crippen molar-refractivity contribution in [1.82, 2.24) is 0 Å². The lowest BCUT2D eigenvalue weighted by atomic mass is 9.80. The molecule has 1 saturated carbocycles. The van der Waals surface area contributed by atoms with Crippen LogP contribution in [0.25, 0.3) is 0 Å². The molecule has 1 heteroatoms. The van der Waals surface area contributed by atoms with Gasteiger partial charge in [-0.05, 0) is 26.2 Å². The monoisotopic (exact) mass is 147 g/mol. The van der Waals surface area contributed by atoms with E-state index >= 15 is 0 Å². The van der Waals surface area contributed by atoms with E-state index in [2.05, 4.69) is 6.92 Å². The van der Waals surface area contributed by atoms with E-state index in [4.69, 9.17) is 5.73 Å². The van der Waals surface area contributed by atoms with Crippen molar-refractivity contribution in [3.63, 3.8) is 0 Å². The van der Waals surface area contributed by atoms with Gasteiger partial charge < -0.3 is 5.73 Å². The van der Waals surface area contributed by atoms with Crippen LogP contribution in [0, 0.1) is 0 Å². The largest absolute Gasteiger partial charge is 0.325 e. The van der Waals surface area contributed by atoms with Crippen molar-refractivity contribution in [3.05, 3.63) is 0 Å². The molecule has 1 fully saturated rings. The van der Waals surface area contributed by atoms with Crippen molar-refractivity contribution < 1.29 is 0 Å². The zero-order valence-corrected chi connectivity index (χ0v) is 6.20. The third kappa shape index (κ3) is 6.09. The van der Waals surface area contributed by atoms with Crippen LogP contribution in [0.1, 0.15) is 54.9 Å². The maximum atomic E-state index is 5.62. The Bertz CT molecular complexity index is 51.7. The zero-order valence-electron chi connectivity index (χ0n) is 6.20. The number of nitrogens with two attached hydrogens (primary N) is 1. The van der Waals surface area contributed by atoms with Gasteiger partial charge in [0.2, 0.25) is 0 Å². The fourth-order valence-corrected chi connectivity index (χ4v) is 0.734. The summed E-state index contributed by atoms with van der Waals surface area (Å²) < 4.78 is 0. The standard InChI is InChI=1S/C5H11N.C2H6.2CH4/c1-5(6)3-2-4-5;1-2;;/h2-4,6H2,1H3;1-2H3;2*1H4. The van der Waals surface area contributed by atoms with Crippen molar-refractivity contribution in [2.75, 3.05) is 0 Å². The maximum Gasteiger partial charge on any atom is 0.0125 e. The van der Waals surface area contributed by atoms with Crippen LogP contribution in [0.15, 0.2) is 0 Å². The molecule has 66 valence electrons. The second kappa shape index (κ2) is 7.07. The van der Waals surface area contributed by atoms with E-state index in [1.54, 1.807) is 0 Å². The van der Waals surface area contributed by atoms with Crippen LogP contribution < -0.4 is 5.73 Å². The van der Waals surface area contributed by atoms with E-state index in [0.717, 1.165) is 0 Å². The summed E-state index contributed by atoms with van der Waals surface area (Å²) in [7, 11) is 0. The molecular weight excluding hydrogens is 122 g/mol. The first kappa shape index (κ1) is 16.5. The van der Waals surface area contributed by atoms with Crippen LogP contribution in [0.5, 0.6) is 0 Å². The quantitative estimate of drug-likeness (QED) is 0.559. The van der Waals surface area contributed by atoms with Gasteiger partial charge in [0.1, 0.15) is 0 Å². The zero-order chi connectivity index (χ0) is 6.62. The number of hydrogen-bond donors (Lipinski definition) is 1. The molecule has 0 radical (unpaired) electrons. The Hall–Kier alpha value is -0.0400. The van der Waals surface area contributed by atoms with E-state index in [-0.39, 0.29) is 20.4 Å². The normalized spacial score (nSPS) is 18.0. The summed E-state index contributed by atoms with van der Waals surface area (Å²) in [6, 6.07) is 0. The Morgan fingerprint density at radius 1 is 1.10 bits per heavy atom. The molecule has 0 spiro atoms. The van der Waals surface area contributed by atoms with Gasteiger partial charge in [0.05, 0.1) is 0 Å². The minimum absolute atomic E-state index is 0. The molecule has 0 aromatic rings. The first-order chi connectivity index (χ1) is 3.71. The molecular formula is C9H25N. The summed E-state index contributed by atoms with van der Waals surface area (Å²) in [6.45, 7) is 6.11. The van der Waals surface area contributed by atoms with E-state index in [9.17, 15) is 0 Å². The maximum absolute atomic E-state index is 5.62. The van der Waals surface area contributed by atoms with Gasteiger partial charge in [-0.3, -0.25) is 0 Å². The molecule has 0 bridgehead atoms. The predicted octanol–water partition coefficient (Wildman–Crippen LogP) is 3.19. The molecule has 0 heterocycles. The molecule has 10 heavy (non-hydrogen) atoms. The topological polar surface area (TPSA) is 26.0 Å². The lowest BCUT2D eigenvalue weighted by molar-refractivity contribution is 0.277. The molecule has 0 aromatic heterocycles. The van der Waals surface area contributed by atoms with Crippen LogP contribution in [-0.4, -0.2) is 5.54 Å². The Morgan fingerprint density at radius 3 is 1.30 bits per heavy atom. The SMILES string of the molecule is C.C.CC.CC1(N)CCC1. The van der Waals surface area contributed by atoms with Gasteiger partial charge in [-0.1, -0.05) is 28.7 Å². The van der Waals surface area contributed by atoms with E-state index < -0.39 is 0 Å². The average Bonchev–Trinajstić information content (AvgIpc) is 1.69. The molecule has 0 atom stereocenters. The Morgan fingerprint density at radius 2 is 1.30 bits per heavy atom. The summed E-state index contributed by atoms with van der Waals surface area (Å²) in [5.41, 5.74) is 5.84. The van der Waals surface area contributed by atoms with Crippen molar-refractivity contribution in [2.45, 2.75) is 60.4 Å². The third-order valence-corrected chi connectivity index (χ3v) is 1.50. The van der Waals surface area contributed by atoms with Gasteiger partial charge >= 0.3 is 0 Å². The highest BCUT2D eigenvalue weighted by Crippen LogP contribution is 2.27. The molecule has 0 unspecified atom stereocenters. The molecule has 0 aliphatic heterocycles. The smallest absolute Gasteiger partial charge is 0.0125 e. The highest BCUT2D eigenvalue weighted by Gasteiger charge is 2.25. The minimum Gasteiger partial charge on any atom is -0.325 e. The molecule has 1 aliphatic carbocycles. The summed E-state index contributed by atoms with van der Waals surface area (Å²) in [5.74, 6) is 0. The molecule has 2 N–H and O–H groups in total. The van der Waals surface area contributed by atoms with Crippen molar-refractivity contribution in [3.8, 4) is 0 Å². The Balaban J connectivity index is -0.000000114. The van der Waals surface area contributed by atoms with E-state index in [0.29, 0.717) is 0 Å². The fourth-order valence-electron chi connectivity index (χ4n) is 0.734. The molecule has 0 amide bonds. The second-order valence-corrected chi connectivity index (χ2v) is 2.51. The summed E-state index contributed by atoms with van der Waals surface area (Å²) in [6.07, 6.45) is 3.80. The fraction of sp³-hybridized carbons (Fsp3) is 1.00. The van der Waals surface area contributed by atoms with Gasteiger partial charge in [-0.2, -0.15) is 0 Å². The average molecular weight is 147 g/mol. The van der Waals surface area contributed by atoms with Gasteiger partial charge in [0, 0.05) is 5.54 Å². The van der Waals surface area contributed by atoms with Crippen molar-refractivity contribution >= 4 is 0 Å². The van der Waals surface area contributed by atoms with Gasteiger partial charge in [-0.25, -0.2) is 0 Å². The number of rotatable bonds is 0. The van der Waals surface area contributed by atoms with Crippen LogP contribution in [-0.2, 0) is 0 Å². The molecule has 0 saturated heterocycles. The third-order valence-electron chi connectivity index (χ3n) is 1.50. The molecule has 1 rings (SSSR count). The minimum atomic E-state index is 0. The molecule has 1 nitrogen and oxygen atoms in total. The van der Waals surface area contributed by atoms with Crippen LogP contribution in [0.4, 0.5) is 0 Å². The van der Waals surface area contributed by atoms with Crippen LogP contribution in [0.3, 0.4) is 0 Å². The van der Waals surface area contributed by atoms with Crippen molar-refractivity contribution in [2.24, 2.45) is 5.73 Å². The summed E-state index contributed by atoms with van der Waals surface area (Å²) >= 11 is 0. The molecule has 1 aliphatic rings. The Labute approximate surface area is 67.0 Å². The molecule has 0 aromatic carbocycles. The van der Waals surface area contributed by atoms with Gasteiger partial charge in [0.25, 0.3) is 0 Å². The van der Waals surface area contributed by atoms with Crippen LogP contribution >= 0.6 is 0 Å². The number of hydrogen-bond acceptors (Lipinski definition) is 1.